The summed E-state index contributed by atoms with van der Waals surface area (Å²) in [7, 11) is 0. The molecule has 0 saturated heterocycles. The van der Waals surface area contributed by atoms with Crippen molar-refractivity contribution in [3.8, 4) is 0 Å². The van der Waals surface area contributed by atoms with Crippen molar-refractivity contribution < 1.29 is 9.72 Å². The number of rotatable bonds is 5. The summed E-state index contributed by atoms with van der Waals surface area (Å²) in [6.07, 6.45) is 0. The summed E-state index contributed by atoms with van der Waals surface area (Å²) in [6.45, 7) is 3.64. The van der Waals surface area contributed by atoms with Crippen molar-refractivity contribution in [3.63, 3.8) is 0 Å². The van der Waals surface area contributed by atoms with Crippen molar-refractivity contribution in [2.45, 2.75) is 18.7 Å². The lowest BCUT2D eigenvalue weighted by atomic mass is 10.1. The number of carbonyl (C=O) groups excluding carboxylic acids is 1. The summed E-state index contributed by atoms with van der Waals surface area (Å²) in [5, 5.41) is 13.7. The van der Waals surface area contributed by atoms with Crippen molar-refractivity contribution in [3.05, 3.63) is 63.7 Å². The molecule has 0 heterocycles. The first-order valence-corrected chi connectivity index (χ1v) is 7.80. The number of benzene rings is 2. The molecule has 0 radical (unpaired) electrons. The van der Waals surface area contributed by atoms with E-state index in [9.17, 15) is 14.9 Å². The Bertz CT molecular complexity index is 716. The molecular weight excluding hydrogens is 300 g/mol. The average Bonchev–Trinajstić information content (AvgIpc) is 2.50. The number of nitro groups is 1. The van der Waals surface area contributed by atoms with Crippen molar-refractivity contribution >= 4 is 29.0 Å². The maximum Gasteiger partial charge on any atom is 0.274 e. The largest absolute Gasteiger partial charge is 0.321 e. The van der Waals surface area contributed by atoms with Gasteiger partial charge in [0.15, 0.2) is 0 Å². The molecular formula is C16H16N2O3S. The van der Waals surface area contributed by atoms with Crippen LogP contribution in [0.2, 0.25) is 0 Å². The number of nitrogens with zero attached hydrogens (tertiary/aromatic N) is 1. The smallest absolute Gasteiger partial charge is 0.274 e. The van der Waals surface area contributed by atoms with E-state index in [2.05, 4.69) is 5.32 Å². The monoisotopic (exact) mass is 316 g/mol. The molecule has 2 rings (SSSR count). The third kappa shape index (κ3) is 3.46. The van der Waals surface area contributed by atoms with Crippen LogP contribution in [0, 0.1) is 17.0 Å². The SMILES string of the molecule is CCSc1ccccc1C(=O)Nc1cccc([N+](=O)[O-])c1C. The minimum absolute atomic E-state index is 0.00554. The summed E-state index contributed by atoms with van der Waals surface area (Å²) in [6, 6.07) is 12.0. The molecule has 0 aromatic heterocycles. The first-order valence-electron chi connectivity index (χ1n) is 6.81. The molecule has 5 nitrogen and oxygen atoms in total. The maximum atomic E-state index is 12.4. The lowest BCUT2D eigenvalue weighted by Gasteiger charge is -2.11. The Balaban J connectivity index is 2.30. The highest BCUT2D eigenvalue weighted by atomic mass is 32.2. The van der Waals surface area contributed by atoms with Crippen LogP contribution in [0.1, 0.15) is 22.8 Å². The van der Waals surface area contributed by atoms with E-state index in [1.54, 1.807) is 43.0 Å². The molecule has 0 aliphatic rings. The van der Waals surface area contributed by atoms with Crippen LogP contribution in [0.25, 0.3) is 0 Å². The molecule has 2 aromatic rings. The summed E-state index contributed by atoms with van der Waals surface area (Å²) in [5.41, 5.74) is 1.46. The standard InChI is InChI=1S/C16H16N2O3S/c1-3-22-15-10-5-4-7-12(15)16(19)17-13-8-6-9-14(11(13)2)18(20)21/h4-10H,3H2,1-2H3,(H,17,19). The van der Waals surface area contributed by atoms with Gasteiger partial charge in [-0.05, 0) is 30.9 Å². The van der Waals surface area contributed by atoms with Gasteiger partial charge in [-0.15, -0.1) is 11.8 Å². The van der Waals surface area contributed by atoms with Crippen molar-refractivity contribution in [2.75, 3.05) is 11.1 Å². The zero-order chi connectivity index (χ0) is 16.1. The number of nitro benzene ring substituents is 1. The number of carbonyl (C=O) groups is 1. The molecule has 0 aliphatic carbocycles. The van der Waals surface area contributed by atoms with Gasteiger partial charge < -0.3 is 5.32 Å². The average molecular weight is 316 g/mol. The second kappa shape index (κ2) is 7.09. The zero-order valence-electron chi connectivity index (χ0n) is 12.3. The van der Waals surface area contributed by atoms with Crippen LogP contribution in [0.15, 0.2) is 47.4 Å². The Hall–Kier alpha value is -2.34. The maximum absolute atomic E-state index is 12.4. The molecule has 114 valence electrons. The highest BCUT2D eigenvalue weighted by molar-refractivity contribution is 7.99. The van der Waals surface area contributed by atoms with E-state index in [-0.39, 0.29) is 11.6 Å². The second-order valence-corrected chi connectivity index (χ2v) is 5.90. The minimum atomic E-state index is -0.453. The molecule has 1 N–H and O–H groups in total. The van der Waals surface area contributed by atoms with Crippen molar-refractivity contribution in [1.82, 2.24) is 0 Å². The lowest BCUT2D eigenvalue weighted by molar-refractivity contribution is -0.385. The van der Waals surface area contributed by atoms with Gasteiger partial charge in [0.1, 0.15) is 0 Å². The molecule has 0 spiro atoms. The first-order chi connectivity index (χ1) is 10.5. The Morgan fingerprint density at radius 1 is 1.23 bits per heavy atom. The Morgan fingerprint density at radius 2 is 1.95 bits per heavy atom. The van der Waals surface area contributed by atoms with Gasteiger partial charge in [0.2, 0.25) is 0 Å². The molecule has 0 bridgehead atoms. The van der Waals surface area contributed by atoms with Crippen LogP contribution in [0.4, 0.5) is 11.4 Å². The predicted molar refractivity (Wildman–Crippen MR) is 88.6 cm³/mol. The van der Waals surface area contributed by atoms with E-state index in [1.807, 2.05) is 19.1 Å². The number of amides is 1. The van der Waals surface area contributed by atoms with Crippen LogP contribution in [0.5, 0.6) is 0 Å². The van der Waals surface area contributed by atoms with Gasteiger partial charge in [0, 0.05) is 11.0 Å². The summed E-state index contributed by atoms with van der Waals surface area (Å²) < 4.78 is 0. The molecule has 0 atom stereocenters. The van der Waals surface area contributed by atoms with Gasteiger partial charge in [-0.3, -0.25) is 14.9 Å². The topological polar surface area (TPSA) is 72.2 Å². The molecule has 22 heavy (non-hydrogen) atoms. The van der Waals surface area contributed by atoms with E-state index in [1.165, 1.54) is 6.07 Å². The van der Waals surface area contributed by atoms with E-state index < -0.39 is 4.92 Å². The molecule has 0 saturated carbocycles. The fourth-order valence-electron chi connectivity index (χ4n) is 2.08. The molecule has 2 aromatic carbocycles. The van der Waals surface area contributed by atoms with Crippen LogP contribution in [0.3, 0.4) is 0 Å². The predicted octanol–water partition coefficient (Wildman–Crippen LogP) is 4.27. The number of nitrogens with one attached hydrogen (secondary N) is 1. The summed E-state index contributed by atoms with van der Waals surface area (Å²) in [5.74, 6) is 0.597. The van der Waals surface area contributed by atoms with Gasteiger partial charge in [-0.25, -0.2) is 0 Å². The van der Waals surface area contributed by atoms with Crippen LogP contribution < -0.4 is 5.32 Å². The highest BCUT2D eigenvalue weighted by Gasteiger charge is 2.16. The normalized spacial score (nSPS) is 10.3. The van der Waals surface area contributed by atoms with E-state index in [0.29, 0.717) is 16.8 Å². The second-order valence-electron chi connectivity index (χ2n) is 4.59. The molecule has 6 heteroatoms. The number of anilines is 1. The first kappa shape index (κ1) is 16.0. The summed E-state index contributed by atoms with van der Waals surface area (Å²) in [4.78, 5) is 23.8. The fourth-order valence-corrected chi connectivity index (χ4v) is 2.88. The van der Waals surface area contributed by atoms with Crippen molar-refractivity contribution in [2.24, 2.45) is 0 Å². The van der Waals surface area contributed by atoms with Gasteiger partial charge in [-0.2, -0.15) is 0 Å². The fraction of sp³-hybridized carbons (Fsp3) is 0.188. The van der Waals surface area contributed by atoms with Crippen LogP contribution >= 0.6 is 11.8 Å². The Kier molecular flexibility index (Phi) is 5.16. The van der Waals surface area contributed by atoms with Gasteiger partial charge >= 0.3 is 0 Å². The van der Waals surface area contributed by atoms with E-state index in [4.69, 9.17) is 0 Å². The van der Waals surface area contributed by atoms with E-state index >= 15 is 0 Å². The molecule has 0 aliphatic heterocycles. The van der Waals surface area contributed by atoms with Crippen molar-refractivity contribution in [1.29, 1.82) is 0 Å². The molecule has 1 amide bonds. The number of thioether (sulfide) groups is 1. The van der Waals surface area contributed by atoms with Crippen LogP contribution in [-0.2, 0) is 0 Å². The van der Waals surface area contributed by atoms with Gasteiger partial charge in [0.05, 0.1) is 21.7 Å². The highest BCUT2D eigenvalue weighted by Crippen LogP contribution is 2.27. The Labute approximate surface area is 132 Å². The zero-order valence-corrected chi connectivity index (χ0v) is 13.1. The quantitative estimate of drug-likeness (QED) is 0.508. The number of hydrogen-bond donors (Lipinski definition) is 1. The number of hydrogen-bond acceptors (Lipinski definition) is 4. The minimum Gasteiger partial charge on any atom is -0.321 e. The van der Waals surface area contributed by atoms with E-state index in [0.717, 1.165) is 10.6 Å². The molecule has 0 unspecified atom stereocenters. The third-order valence-electron chi connectivity index (χ3n) is 3.18. The summed E-state index contributed by atoms with van der Waals surface area (Å²) >= 11 is 1.58. The lowest BCUT2D eigenvalue weighted by Crippen LogP contribution is -2.14. The van der Waals surface area contributed by atoms with Crippen LogP contribution in [-0.4, -0.2) is 16.6 Å². The van der Waals surface area contributed by atoms with Gasteiger partial charge in [-0.1, -0.05) is 25.1 Å². The third-order valence-corrected chi connectivity index (χ3v) is 4.14. The Morgan fingerprint density at radius 3 is 2.64 bits per heavy atom. The molecule has 0 fully saturated rings. The van der Waals surface area contributed by atoms with Gasteiger partial charge in [0.25, 0.3) is 11.6 Å².